The number of rotatable bonds is 4. The number of hydrogen-bond acceptors (Lipinski definition) is 1. The Kier molecular flexibility index (Phi) is 4.27. The van der Waals surface area contributed by atoms with Gasteiger partial charge in [-0.2, -0.15) is 0 Å². The predicted molar refractivity (Wildman–Crippen MR) is 79.3 cm³/mol. The SMILES string of the molecule is CCC(Nc1ccccc1Cl)c1ccc(C)cc1. The highest BCUT2D eigenvalue weighted by Crippen LogP contribution is 2.27. The van der Waals surface area contributed by atoms with Crippen LogP contribution in [0.4, 0.5) is 5.69 Å². The van der Waals surface area contributed by atoms with Gasteiger partial charge in [-0.25, -0.2) is 0 Å². The van der Waals surface area contributed by atoms with Crippen LogP contribution in [0.5, 0.6) is 0 Å². The minimum absolute atomic E-state index is 0.297. The molecule has 0 saturated carbocycles. The van der Waals surface area contributed by atoms with E-state index in [9.17, 15) is 0 Å². The molecule has 0 fully saturated rings. The average Bonchev–Trinajstić information content (AvgIpc) is 2.39. The predicted octanol–water partition coefficient (Wildman–Crippen LogP) is 5.21. The molecule has 0 saturated heterocycles. The summed E-state index contributed by atoms with van der Waals surface area (Å²) >= 11 is 6.18. The van der Waals surface area contributed by atoms with Crippen molar-refractivity contribution in [1.82, 2.24) is 0 Å². The maximum atomic E-state index is 6.18. The fraction of sp³-hybridized carbons (Fsp3) is 0.250. The Morgan fingerprint density at radius 1 is 1.06 bits per heavy atom. The molecule has 2 aromatic carbocycles. The van der Waals surface area contributed by atoms with Gasteiger partial charge >= 0.3 is 0 Å². The summed E-state index contributed by atoms with van der Waals surface area (Å²) in [4.78, 5) is 0. The first-order valence-electron chi connectivity index (χ1n) is 6.28. The van der Waals surface area contributed by atoms with Gasteiger partial charge in [0.1, 0.15) is 0 Å². The lowest BCUT2D eigenvalue weighted by Gasteiger charge is -2.19. The third-order valence-corrected chi connectivity index (χ3v) is 3.42. The van der Waals surface area contributed by atoms with E-state index < -0.39 is 0 Å². The highest BCUT2D eigenvalue weighted by Gasteiger charge is 2.10. The van der Waals surface area contributed by atoms with Crippen LogP contribution in [0.2, 0.25) is 5.02 Å². The molecule has 1 N–H and O–H groups in total. The van der Waals surface area contributed by atoms with Gasteiger partial charge in [-0.15, -0.1) is 0 Å². The van der Waals surface area contributed by atoms with E-state index in [2.05, 4.69) is 43.4 Å². The van der Waals surface area contributed by atoms with Gasteiger partial charge in [0.05, 0.1) is 16.8 Å². The molecule has 0 aromatic heterocycles. The van der Waals surface area contributed by atoms with Crippen LogP contribution in [0.15, 0.2) is 48.5 Å². The standard InChI is InChI=1S/C16H18ClN/c1-3-15(13-10-8-12(2)9-11-13)18-16-7-5-4-6-14(16)17/h4-11,15,18H,3H2,1-2H3. The summed E-state index contributed by atoms with van der Waals surface area (Å²) in [6.07, 6.45) is 1.02. The van der Waals surface area contributed by atoms with E-state index in [4.69, 9.17) is 11.6 Å². The first kappa shape index (κ1) is 13.0. The quantitative estimate of drug-likeness (QED) is 0.795. The molecule has 0 spiro atoms. The van der Waals surface area contributed by atoms with Gasteiger partial charge in [0.2, 0.25) is 0 Å². The molecule has 0 amide bonds. The van der Waals surface area contributed by atoms with Gasteiger partial charge < -0.3 is 5.32 Å². The molecule has 94 valence electrons. The molecule has 1 nitrogen and oxygen atoms in total. The Morgan fingerprint density at radius 2 is 1.72 bits per heavy atom. The van der Waals surface area contributed by atoms with Crippen LogP contribution in [0.3, 0.4) is 0 Å². The molecule has 0 heterocycles. The Labute approximate surface area is 114 Å². The van der Waals surface area contributed by atoms with Gasteiger partial charge in [-0.05, 0) is 31.0 Å². The van der Waals surface area contributed by atoms with Gasteiger partial charge in [-0.1, -0.05) is 60.5 Å². The van der Waals surface area contributed by atoms with Crippen molar-refractivity contribution in [3.8, 4) is 0 Å². The number of halogens is 1. The van der Waals surface area contributed by atoms with Crippen LogP contribution in [0.25, 0.3) is 0 Å². The number of para-hydroxylation sites is 1. The fourth-order valence-electron chi connectivity index (χ4n) is 1.99. The Hall–Kier alpha value is -1.47. The summed E-state index contributed by atoms with van der Waals surface area (Å²) in [6.45, 7) is 4.28. The van der Waals surface area contributed by atoms with Crippen LogP contribution in [0.1, 0.15) is 30.5 Å². The molecule has 0 aliphatic rings. The maximum Gasteiger partial charge on any atom is 0.0637 e. The van der Waals surface area contributed by atoms with Crippen molar-refractivity contribution in [1.29, 1.82) is 0 Å². The van der Waals surface area contributed by atoms with Crippen LogP contribution in [-0.2, 0) is 0 Å². The summed E-state index contributed by atoms with van der Waals surface area (Å²) < 4.78 is 0. The van der Waals surface area contributed by atoms with E-state index in [1.807, 2.05) is 24.3 Å². The van der Waals surface area contributed by atoms with Gasteiger partial charge in [0.15, 0.2) is 0 Å². The normalized spacial score (nSPS) is 12.2. The monoisotopic (exact) mass is 259 g/mol. The molecule has 0 radical (unpaired) electrons. The zero-order chi connectivity index (χ0) is 13.0. The summed E-state index contributed by atoms with van der Waals surface area (Å²) in [6, 6.07) is 16.8. The van der Waals surface area contributed by atoms with Crippen LogP contribution in [-0.4, -0.2) is 0 Å². The second kappa shape index (κ2) is 5.92. The summed E-state index contributed by atoms with van der Waals surface area (Å²) in [5.41, 5.74) is 3.57. The first-order chi connectivity index (χ1) is 8.70. The Morgan fingerprint density at radius 3 is 2.33 bits per heavy atom. The maximum absolute atomic E-state index is 6.18. The molecule has 0 aliphatic heterocycles. The second-order valence-corrected chi connectivity index (χ2v) is 4.90. The minimum atomic E-state index is 0.297. The van der Waals surface area contributed by atoms with E-state index in [1.165, 1.54) is 11.1 Å². The van der Waals surface area contributed by atoms with E-state index in [0.29, 0.717) is 6.04 Å². The summed E-state index contributed by atoms with van der Waals surface area (Å²) in [5.74, 6) is 0. The van der Waals surface area contributed by atoms with Crippen molar-refractivity contribution in [2.45, 2.75) is 26.3 Å². The Bertz CT molecular complexity index is 505. The molecular formula is C16H18ClN. The lowest BCUT2D eigenvalue weighted by molar-refractivity contribution is 0.749. The minimum Gasteiger partial charge on any atom is -0.377 e. The van der Waals surface area contributed by atoms with Crippen LogP contribution >= 0.6 is 11.6 Å². The molecule has 2 heteroatoms. The molecular weight excluding hydrogens is 242 g/mol. The van der Waals surface area contributed by atoms with Crippen molar-refractivity contribution in [2.24, 2.45) is 0 Å². The van der Waals surface area contributed by atoms with Crippen molar-refractivity contribution < 1.29 is 0 Å². The summed E-state index contributed by atoms with van der Waals surface area (Å²) in [5, 5.41) is 4.27. The lowest BCUT2D eigenvalue weighted by Crippen LogP contribution is -2.09. The molecule has 1 atom stereocenters. The molecule has 2 aromatic rings. The zero-order valence-corrected chi connectivity index (χ0v) is 11.5. The van der Waals surface area contributed by atoms with Crippen molar-refractivity contribution in [3.63, 3.8) is 0 Å². The molecule has 1 unspecified atom stereocenters. The van der Waals surface area contributed by atoms with E-state index in [0.717, 1.165) is 17.1 Å². The Balaban J connectivity index is 2.20. The van der Waals surface area contributed by atoms with Crippen molar-refractivity contribution in [3.05, 3.63) is 64.7 Å². The number of anilines is 1. The van der Waals surface area contributed by atoms with Gasteiger partial charge in [0.25, 0.3) is 0 Å². The number of benzene rings is 2. The third-order valence-electron chi connectivity index (χ3n) is 3.09. The first-order valence-corrected chi connectivity index (χ1v) is 6.66. The smallest absolute Gasteiger partial charge is 0.0637 e. The van der Waals surface area contributed by atoms with Gasteiger partial charge in [0, 0.05) is 0 Å². The second-order valence-electron chi connectivity index (χ2n) is 4.50. The average molecular weight is 260 g/mol. The lowest BCUT2D eigenvalue weighted by atomic mass is 10.0. The molecule has 0 aliphatic carbocycles. The number of hydrogen-bond donors (Lipinski definition) is 1. The third kappa shape index (κ3) is 3.05. The summed E-state index contributed by atoms with van der Waals surface area (Å²) in [7, 11) is 0. The number of nitrogens with one attached hydrogen (secondary N) is 1. The van der Waals surface area contributed by atoms with E-state index in [1.54, 1.807) is 0 Å². The van der Waals surface area contributed by atoms with E-state index in [-0.39, 0.29) is 0 Å². The highest BCUT2D eigenvalue weighted by molar-refractivity contribution is 6.33. The number of aryl methyl sites for hydroxylation is 1. The van der Waals surface area contributed by atoms with Crippen LogP contribution in [0, 0.1) is 6.92 Å². The van der Waals surface area contributed by atoms with Crippen LogP contribution < -0.4 is 5.32 Å². The van der Waals surface area contributed by atoms with Gasteiger partial charge in [-0.3, -0.25) is 0 Å². The topological polar surface area (TPSA) is 12.0 Å². The van der Waals surface area contributed by atoms with E-state index >= 15 is 0 Å². The fourth-order valence-corrected chi connectivity index (χ4v) is 2.18. The largest absolute Gasteiger partial charge is 0.377 e. The highest BCUT2D eigenvalue weighted by atomic mass is 35.5. The van der Waals surface area contributed by atoms with Crippen molar-refractivity contribution in [2.75, 3.05) is 5.32 Å². The molecule has 0 bridgehead atoms. The van der Waals surface area contributed by atoms with Crippen molar-refractivity contribution >= 4 is 17.3 Å². The molecule has 2 rings (SSSR count). The zero-order valence-electron chi connectivity index (χ0n) is 10.8. The molecule has 18 heavy (non-hydrogen) atoms.